The average Bonchev–Trinajstić information content (AvgIpc) is 3.55. The Balaban J connectivity index is 1.54. The molecule has 0 aliphatic carbocycles. The highest BCUT2D eigenvalue weighted by molar-refractivity contribution is 6.17. The van der Waals surface area contributed by atoms with Crippen molar-refractivity contribution >= 4 is 29.2 Å². The molecule has 8 nitrogen and oxygen atoms in total. The van der Waals surface area contributed by atoms with Crippen molar-refractivity contribution in [3.63, 3.8) is 0 Å². The van der Waals surface area contributed by atoms with Crippen LogP contribution in [0.2, 0.25) is 0 Å². The van der Waals surface area contributed by atoms with Crippen LogP contribution in [-0.2, 0) is 10.2 Å². The second kappa shape index (κ2) is 10.4. The first kappa shape index (κ1) is 27.5. The van der Waals surface area contributed by atoms with Gasteiger partial charge in [0.05, 0.1) is 33.3 Å². The van der Waals surface area contributed by atoms with E-state index >= 15 is 4.79 Å². The van der Waals surface area contributed by atoms with E-state index in [9.17, 15) is 9.59 Å². The number of Topliss-reactive ketones (excluding diaryl/α,β-unsaturated/α-hetero) is 2. The van der Waals surface area contributed by atoms with Crippen LogP contribution in [0.1, 0.15) is 43.4 Å². The predicted molar refractivity (Wildman–Crippen MR) is 165 cm³/mol. The first-order valence-electron chi connectivity index (χ1n) is 14.3. The van der Waals surface area contributed by atoms with E-state index in [1.54, 1.807) is 36.4 Å². The van der Waals surface area contributed by atoms with Crippen molar-refractivity contribution in [1.29, 1.82) is 0 Å². The van der Waals surface area contributed by atoms with Crippen molar-refractivity contribution in [1.82, 2.24) is 4.90 Å². The van der Waals surface area contributed by atoms with Gasteiger partial charge in [-0.15, -0.1) is 0 Å². The summed E-state index contributed by atoms with van der Waals surface area (Å²) >= 11 is 0. The minimum Gasteiger partial charge on any atom is -0.493 e. The molecule has 3 heterocycles. The Morgan fingerprint density at radius 1 is 0.773 bits per heavy atom. The molecule has 0 radical (unpaired) electrons. The predicted octanol–water partition coefficient (Wildman–Crippen LogP) is 5.69. The number of ether oxygens (including phenoxy) is 3. The molecule has 1 N–H and O–H groups in total. The maximum Gasteiger partial charge on any atom is 0.238 e. The largest absolute Gasteiger partial charge is 0.493 e. The lowest BCUT2D eigenvalue weighted by Gasteiger charge is -2.38. The fraction of sp³-hybridized carbons (Fsp3) is 0.194. The highest BCUT2D eigenvalue weighted by Gasteiger charge is 2.70. The lowest BCUT2D eigenvalue weighted by molar-refractivity contribution is -0.122. The Morgan fingerprint density at radius 3 is 2.14 bits per heavy atom. The summed E-state index contributed by atoms with van der Waals surface area (Å²) in [5.41, 5.74) is 2.35. The van der Waals surface area contributed by atoms with Gasteiger partial charge in [-0.05, 0) is 41.0 Å². The smallest absolute Gasteiger partial charge is 0.238 e. The first-order valence-corrected chi connectivity index (χ1v) is 14.3. The van der Waals surface area contributed by atoms with Crippen molar-refractivity contribution in [2.75, 3.05) is 26.6 Å². The van der Waals surface area contributed by atoms with Gasteiger partial charge >= 0.3 is 0 Å². The molecule has 220 valence electrons. The number of carbonyl (C=O) groups is 3. The average molecular weight is 587 g/mol. The van der Waals surface area contributed by atoms with Crippen LogP contribution in [0.5, 0.6) is 17.2 Å². The molecule has 0 aromatic heterocycles. The molecule has 44 heavy (non-hydrogen) atoms. The van der Waals surface area contributed by atoms with E-state index in [0.717, 1.165) is 11.1 Å². The van der Waals surface area contributed by atoms with Crippen molar-refractivity contribution in [3.05, 3.63) is 125 Å². The number of anilines is 1. The van der Waals surface area contributed by atoms with Crippen LogP contribution in [0.15, 0.2) is 97.2 Å². The number of benzene rings is 4. The molecule has 0 bridgehead atoms. The summed E-state index contributed by atoms with van der Waals surface area (Å²) < 4.78 is 16.7. The van der Waals surface area contributed by atoms with Crippen LogP contribution in [0, 0.1) is 5.92 Å². The second-order valence-corrected chi connectivity index (χ2v) is 11.1. The zero-order valence-electron chi connectivity index (χ0n) is 24.4. The van der Waals surface area contributed by atoms with Crippen LogP contribution in [0.3, 0.4) is 0 Å². The Hall–Kier alpha value is -5.37. The summed E-state index contributed by atoms with van der Waals surface area (Å²) in [7, 11) is 4.45. The van der Waals surface area contributed by atoms with Crippen molar-refractivity contribution in [2.45, 2.75) is 17.5 Å². The van der Waals surface area contributed by atoms with E-state index in [0.29, 0.717) is 34.1 Å². The second-order valence-electron chi connectivity index (χ2n) is 11.1. The third kappa shape index (κ3) is 3.73. The molecule has 3 aliphatic rings. The number of carbonyl (C=O) groups excluding carboxylic acids is 3. The Kier molecular flexibility index (Phi) is 6.50. The summed E-state index contributed by atoms with van der Waals surface area (Å²) in [6, 6.07) is 25.7. The van der Waals surface area contributed by atoms with Crippen LogP contribution < -0.4 is 19.5 Å². The molecule has 1 fully saturated rings. The van der Waals surface area contributed by atoms with Crippen molar-refractivity contribution in [3.8, 4) is 17.2 Å². The molecule has 1 amide bonds. The van der Waals surface area contributed by atoms with E-state index < -0.39 is 23.4 Å². The van der Waals surface area contributed by atoms with Crippen molar-refractivity contribution < 1.29 is 28.6 Å². The first-order chi connectivity index (χ1) is 21.4. The number of ketones is 2. The fourth-order valence-corrected chi connectivity index (χ4v) is 7.34. The molecule has 0 unspecified atom stereocenters. The molecular weight excluding hydrogens is 556 g/mol. The summed E-state index contributed by atoms with van der Waals surface area (Å²) in [5, 5.41) is 3.07. The van der Waals surface area contributed by atoms with Crippen LogP contribution in [0.4, 0.5) is 5.69 Å². The minimum atomic E-state index is -1.44. The molecule has 4 aromatic rings. The summed E-state index contributed by atoms with van der Waals surface area (Å²) in [4.78, 5) is 46.3. The topological polar surface area (TPSA) is 94.2 Å². The lowest BCUT2D eigenvalue weighted by Crippen LogP contribution is -2.49. The van der Waals surface area contributed by atoms with Gasteiger partial charge in [-0.1, -0.05) is 72.8 Å². The van der Waals surface area contributed by atoms with Crippen LogP contribution >= 0.6 is 0 Å². The number of nitrogens with zero attached hydrogens (tertiary/aromatic N) is 1. The number of rotatable bonds is 7. The van der Waals surface area contributed by atoms with E-state index in [4.69, 9.17) is 14.2 Å². The van der Waals surface area contributed by atoms with Crippen molar-refractivity contribution in [2.24, 2.45) is 5.92 Å². The van der Waals surface area contributed by atoms with Gasteiger partial charge in [-0.2, -0.15) is 0 Å². The lowest BCUT2D eigenvalue weighted by atomic mass is 9.62. The monoisotopic (exact) mass is 586 g/mol. The van der Waals surface area contributed by atoms with Gasteiger partial charge in [-0.25, -0.2) is 0 Å². The molecule has 1 saturated heterocycles. The quantitative estimate of drug-likeness (QED) is 0.278. The molecule has 3 aliphatic heterocycles. The maximum atomic E-state index is 15.2. The summed E-state index contributed by atoms with van der Waals surface area (Å²) in [6.07, 6.45) is 3.80. The molecule has 7 rings (SSSR count). The molecular formula is C36H30N2O6. The number of hydrogen-bond donors (Lipinski definition) is 1. The normalized spacial score (nSPS) is 22.6. The van der Waals surface area contributed by atoms with E-state index in [-0.39, 0.29) is 23.0 Å². The van der Waals surface area contributed by atoms with Gasteiger partial charge in [0.1, 0.15) is 11.5 Å². The zero-order chi connectivity index (χ0) is 30.6. The standard InChI is InChI=1S/C36H30N2O6/c1-42-27-19-23(20-28(43-2)33(27)44-3)31(39)29-30(32(40)22-12-5-4-6-13-22)38-18-17-21-11-7-8-14-24(21)34(38)36(29)25-15-9-10-16-26(25)37-35(36)41/h4-20,29-30,34H,1-3H3,(H,37,41)/t29-,30+,34-,36-/m1/s1. The van der Waals surface area contributed by atoms with Gasteiger partial charge in [0.25, 0.3) is 0 Å². The Morgan fingerprint density at radius 2 is 1.43 bits per heavy atom. The van der Waals surface area contributed by atoms with Crippen LogP contribution in [-0.4, -0.2) is 49.7 Å². The van der Waals surface area contributed by atoms with Gasteiger partial charge in [0.15, 0.2) is 23.1 Å². The highest BCUT2D eigenvalue weighted by atomic mass is 16.5. The SMILES string of the molecule is COc1cc(C(=O)[C@H]2[C@@H](C(=O)c3ccccc3)N3C=Cc4ccccc4[C@@H]3[C@]23C(=O)Nc2ccccc23)cc(OC)c1OC. The highest BCUT2D eigenvalue weighted by Crippen LogP contribution is 2.62. The third-order valence-corrected chi connectivity index (χ3v) is 9.13. The van der Waals surface area contributed by atoms with Gasteiger partial charge in [0.2, 0.25) is 11.7 Å². The number of fused-ring (bicyclic) bond motifs is 6. The Labute approximate surface area is 254 Å². The maximum absolute atomic E-state index is 15.2. The number of hydrogen-bond acceptors (Lipinski definition) is 7. The fourth-order valence-electron chi connectivity index (χ4n) is 7.34. The number of methoxy groups -OCH3 is 3. The minimum absolute atomic E-state index is 0.240. The van der Waals surface area contributed by atoms with Crippen LogP contribution in [0.25, 0.3) is 6.08 Å². The summed E-state index contributed by atoms with van der Waals surface area (Å²) in [6.45, 7) is 0. The number of nitrogens with one attached hydrogen (secondary N) is 1. The summed E-state index contributed by atoms with van der Waals surface area (Å²) in [5.74, 6) is -1.15. The number of amides is 1. The number of para-hydroxylation sites is 1. The van der Waals surface area contributed by atoms with E-state index in [2.05, 4.69) is 5.32 Å². The molecule has 1 spiro atoms. The van der Waals surface area contributed by atoms with E-state index in [1.165, 1.54) is 21.3 Å². The van der Waals surface area contributed by atoms with Gasteiger partial charge < -0.3 is 24.4 Å². The zero-order valence-corrected chi connectivity index (χ0v) is 24.4. The van der Waals surface area contributed by atoms with E-state index in [1.807, 2.05) is 71.8 Å². The van der Waals surface area contributed by atoms with Gasteiger partial charge in [0, 0.05) is 23.0 Å². The molecule has 0 saturated carbocycles. The molecule has 8 heteroatoms. The third-order valence-electron chi connectivity index (χ3n) is 9.13. The molecule has 4 aromatic carbocycles. The Bertz CT molecular complexity index is 1830. The molecule has 4 atom stereocenters. The van der Waals surface area contributed by atoms with Gasteiger partial charge in [-0.3, -0.25) is 14.4 Å².